The summed E-state index contributed by atoms with van der Waals surface area (Å²) >= 11 is 0. The molecule has 0 heterocycles. The van der Waals surface area contributed by atoms with Crippen molar-refractivity contribution in [3.63, 3.8) is 0 Å². The molecular formula is C10H19N3O2. The molecule has 1 amide bonds. The molecule has 5 nitrogen and oxygen atoms in total. The Hall–Kier alpha value is -1.12. The summed E-state index contributed by atoms with van der Waals surface area (Å²) in [5.41, 5.74) is 0. The van der Waals surface area contributed by atoms with Crippen LogP contribution in [0.25, 0.3) is 0 Å². The molecule has 86 valence electrons. The molecule has 5 heteroatoms. The van der Waals surface area contributed by atoms with Crippen molar-refractivity contribution in [3.8, 4) is 6.07 Å². The Bertz CT molecular complexity index is 225. The second kappa shape index (κ2) is 7.21. The number of carbonyl (C=O) groups is 1. The molecule has 0 bridgehead atoms. The monoisotopic (exact) mass is 213 g/mol. The molecule has 0 aliphatic rings. The normalized spacial score (nSPS) is 14.7. The van der Waals surface area contributed by atoms with Crippen LogP contribution in [-0.4, -0.2) is 28.9 Å². The zero-order chi connectivity index (χ0) is 11.8. The van der Waals surface area contributed by atoms with Crippen molar-refractivity contribution in [2.45, 2.75) is 45.8 Å². The van der Waals surface area contributed by atoms with Crippen molar-refractivity contribution < 1.29 is 10.0 Å². The summed E-state index contributed by atoms with van der Waals surface area (Å²) in [4.78, 5) is 10.3. The molecular weight excluding hydrogens is 194 g/mol. The molecule has 2 N–H and O–H groups in total. The van der Waals surface area contributed by atoms with Gasteiger partial charge < -0.3 is 10.5 Å². The molecule has 0 fully saturated rings. The zero-order valence-corrected chi connectivity index (χ0v) is 9.47. The smallest absolute Gasteiger partial charge is 0.208 e. The largest absolute Gasteiger partial charge is 0.341 e. The summed E-state index contributed by atoms with van der Waals surface area (Å²) in [5, 5.41) is 22.1. The molecule has 0 spiro atoms. The van der Waals surface area contributed by atoms with Gasteiger partial charge in [-0.3, -0.25) is 4.79 Å². The second-order valence-electron chi connectivity index (χ2n) is 3.79. The van der Waals surface area contributed by atoms with E-state index in [0.29, 0.717) is 12.8 Å². The minimum atomic E-state index is -0.603. The molecule has 0 aromatic heterocycles. The molecule has 15 heavy (non-hydrogen) atoms. The number of hydrogen-bond acceptors (Lipinski definition) is 4. The van der Waals surface area contributed by atoms with E-state index < -0.39 is 12.2 Å². The minimum absolute atomic E-state index is 0.00723. The van der Waals surface area contributed by atoms with Crippen molar-refractivity contribution in [1.29, 1.82) is 5.26 Å². The third-order valence-electron chi connectivity index (χ3n) is 2.19. The highest BCUT2D eigenvalue weighted by Gasteiger charge is 2.26. The van der Waals surface area contributed by atoms with E-state index in [1.54, 1.807) is 0 Å². The van der Waals surface area contributed by atoms with Gasteiger partial charge in [0.25, 0.3) is 0 Å². The summed E-state index contributed by atoms with van der Waals surface area (Å²) in [6, 6.07) is 1.42. The second-order valence-corrected chi connectivity index (χ2v) is 3.79. The van der Waals surface area contributed by atoms with Gasteiger partial charge >= 0.3 is 0 Å². The Labute approximate surface area is 90.6 Å². The fourth-order valence-electron chi connectivity index (χ4n) is 1.35. The Morgan fingerprint density at radius 2 is 2.20 bits per heavy atom. The average Bonchev–Trinajstić information content (AvgIpc) is 2.17. The lowest BCUT2D eigenvalue weighted by Crippen LogP contribution is -2.49. The number of rotatable bonds is 7. The number of nitrogens with one attached hydrogen (secondary N) is 1. The predicted octanol–water partition coefficient (Wildman–Crippen LogP) is 1.10. The van der Waals surface area contributed by atoms with Gasteiger partial charge in [0.2, 0.25) is 6.41 Å². The molecule has 2 unspecified atom stereocenters. The van der Waals surface area contributed by atoms with Gasteiger partial charge in [-0.1, -0.05) is 27.2 Å². The summed E-state index contributed by atoms with van der Waals surface area (Å²) in [6.07, 6.45) is 1.48. The van der Waals surface area contributed by atoms with Gasteiger partial charge in [0.15, 0.2) is 0 Å². The van der Waals surface area contributed by atoms with Crippen LogP contribution in [0.3, 0.4) is 0 Å². The van der Waals surface area contributed by atoms with Crippen molar-refractivity contribution >= 4 is 6.41 Å². The van der Waals surface area contributed by atoms with Gasteiger partial charge in [-0.15, -0.1) is 0 Å². The highest BCUT2D eigenvalue weighted by molar-refractivity contribution is 5.46. The molecule has 0 aliphatic carbocycles. The number of hydroxylamine groups is 2. The SMILES string of the molecule is CCCC(NC=O)N(O)C(C#N)C(C)C. The Morgan fingerprint density at radius 3 is 2.53 bits per heavy atom. The van der Waals surface area contributed by atoms with Crippen molar-refractivity contribution in [1.82, 2.24) is 10.4 Å². The predicted molar refractivity (Wildman–Crippen MR) is 55.8 cm³/mol. The van der Waals surface area contributed by atoms with Crippen molar-refractivity contribution in [3.05, 3.63) is 0 Å². The molecule has 0 rings (SSSR count). The summed E-state index contributed by atoms with van der Waals surface area (Å²) < 4.78 is 0. The van der Waals surface area contributed by atoms with E-state index in [2.05, 4.69) is 5.32 Å². The molecule has 0 aliphatic heterocycles. The number of carbonyl (C=O) groups excluding carboxylic acids is 1. The number of nitrogens with zero attached hydrogens (tertiary/aromatic N) is 2. The first-order chi connectivity index (χ1) is 7.08. The van der Waals surface area contributed by atoms with E-state index in [4.69, 9.17) is 5.26 Å². The highest BCUT2D eigenvalue weighted by Crippen LogP contribution is 2.12. The van der Waals surface area contributed by atoms with E-state index in [1.165, 1.54) is 0 Å². The zero-order valence-electron chi connectivity index (χ0n) is 9.47. The number of nitriles is 1. The van der Waals surface area contributed by atoms with Gasteiger partial charge in [-0.25, -0.2) is 0 Å². The topological polar surface area (TPSA) is 76.4 Å². The van der Waals surface area contributed by atoms with Crippen LogP contribution in [0.15, 0.2) is 0 Å². The quantitative estimate of drug-likeness (QED) is 0.377. The van der Waals surface area contributed by atoms with Crippen LogP contribution in [0, 0.1) is 17.2 Å². The fourth-order valence-corrected chi connectivity index (χ4v) is 1.35. The third-order valence-corrected chi connectivity index (χ3v) is 2.19. The maximum atomic E-state index is 10.3. The first-order valence-electron chi connectivity index (χ1n) is 5.15. The molecule has 0 saturated carbocycles. The Morgan fingerprint density at radius 1 is 1.60 bits per heavy atom. The molecule has 0 aromatic rings. The van der Waals surface area contributed by atoms with Crippen LogP contribution >= 0.6 is 0 Å². The highest BCUT2D eigenvalue weighted by atomic mass is 16.5. The molecule has 0 aromatic carbocycles. The standard InChI is InChI=1S/C10H19N3O2/c1-4-5-10(12-7-14)13(15)9(6-11)8(2)3/h7-10,15H,4-5H2,1-3H3,(H,12,14). The molecule has 0 saturated heterocycles. The van der Waals surface area contributed by atoms with Crippen molar-refractivity contribution in [2.24, 2.45) is 5.92 Å². The van der Waals surface area contributed by atoms with E-state index in [1.807, 2.05) is 26.8 Å². The fraction of sp³-hybridized carbons (Fsp3) is 0.800. The van der Waals surface area contributed by atoms with E-state index >= 15 is 0 Å². The van der Waals surface area contributed by atoms with Crippen LogP contribution in [0.2, 0.25) is 0 Å². The van der Waals surface area contributed by atoms with Crippen LogP contribution in [0.5, 0.6) is 0 Å². The lowest BCUT2D eigenvalue weighted by molar-refractivity contribution is -0.166. The Balaban J connectivity index is 4.51. The molecule has 2 atom stereocenters. The summed E-state index contributed by atoms with van der Waals surface area (Å²) in [7, 11) is 0. The van der Waals surface area contributed by atoms with Crippen LogP contribution in [-0.2, 0) is 4.79 Å². The summed E-state index contributed by atoms with van der Waals surface area (Å²) in [6.45, 7) is 5.64. The van der Waals surface area contributed by atoms with Gasteiger partial charge in [0.1, 0.15) is 12.2 Å². The van der Waals surface area contributed by atoms with Gasteiger partial charge in [0.05, 0.1) is 6.07 Å². The third kappa shape index (κ3) is 4.28. The van der Waals surface area contributed by atoms with E-state index in [-0.39, 0.29) is 5.92 Å². The molecule has 0 radical (unpaired) electrons. The van der Waals surface area contributed by atoms with Gasteiger partial charge in [-0.05, 0) is 12.3 Å². The average molecular weight is 213 g/mol. The van der Waals surface area contributed by atoms with Crippen molar-refractivity contribution in [2.75, 3.05) is 0 Å². The Kier molecular flexibility index (Phi) is 6.67. The summed E-state index contributed by atoms with van der Waals surface area (Å²) in [5.74, 6) is 0.00723. The van der Waals surface area contributed by atoms with Crippen LogP contribution in [0.1, 0.15) is 33.6 Å². The van der Waals surface area contributed by atoms with E-state index in [9.17, 15) is 10.0 Å². The van der Waals surface area contributed by atoms with E-state index in [0.717, 1.165) is 11.5 Å². The van der Waals surface area contributed by atoms with Crippen LogP contribution in [0.4, 0.5) is 0 Å². The van der Waals surface area contributed by atoms with Crippen LogP contribution < -0.4 is 5.32 Å². The maximum absolute atomic E-state index is 10.3. The first kappa shape index (κ1) is 13.9. The van der Waals surface area contributed by atoms with Gasteiger partial charge in [0, 0.05) is 0 Å². The minimum Gasteiger partial charge on any atom is -0.341 e. The number of amides is 1. The maximum Gasteiger partial charge on any atom is 0.208 e. The lowest BCUT2D eigenvalue weighted by atomic mass is 10.0. The van der Waals surface area contributed by atoms with Gasteiger partial charge in [-0.2, -0.15) is 10.3 Å². The first-order valence-corrected chi connectivity index (χ1v) is 5.15. The lowest BCUT2D eigenvalue weighted by Gasteiger charge is -2.30. The number of hydrogen-bond donors (Lipinski definition) is 2.